The number of benzene rings is 2. The number of hydrogen-bond donors (Lipinski definition) is 1. The molecule has 3 rings (SSSR count). The van der Waals surface area contributed by atoms with Crippen molar-refractivity contribution in [2.24, 2.45) is 0 Å². The molecule has 0 amide bonds. The summed E-state index contributed by atoms with van der Waals surface area (Å²) in [6.45, 7) is 5.73. The van der Waals surface area contributed by atoms with Crippen LogP contribution in [0.5, 0.6) is 0 Å². The quantitative estimate of drug-likeness (QED) is 0.748. The van der Waals surface area contributed by atoms with E-state index in [2.05, 4.69) is 11.3 Å². The Kier molecular flexibility index (Phi) is 5.30. The summed E-state index contributed by atoms with van der Waals surface area (Å²) in [5.41, 5.74) is 2.80. The predicted octanol–water partition coefficient (Wildman–Crippen LogP) is 3.06. The fraction of sp³-hybridized carbons (Fsp3) is 0.263. The molecule has 1 aliphatic heterocycles. The fourth-order valence-corrected chi connectivity index (χ4v) is 5.51. The minimum atomic E-state index is -3.67. The minimum Gasteiger partial charge on any atom is -0.283 e. The van der Waals surface area contributed by atoms with Crippen molar-refractivity contribution in [1.29, 1.82) is 0 Å². The largest absolute Gasteiger partial charge is 0.283 e. The van der Waals surface area contributed by atoms with Crippen LogP contribution in [0.25, 0.3) is 0 Å². The van der Waals surface area contributed by atoms with Crippen molar-refractivity contribution in [2.75, 3.05) is 21.3 Å². The lowest BCUT2D eigenvalue weighted by molar-refractivity contribution is 0.586. The molecule has 2 aromatic rings. The SMILES string of the molecule is C=CCS(=O)(=O)Nc1ccc2c(c1)CCCN2S(=O)(=O)c1ccc(C)cc1. The van der Waals surface area contributed by atoms with Crippen molar-refractivity contribution in [1.82, 2.24) is 0 Å². The van der Waals surface area contributed by atoms with E-state index in [9.17, 15) is 16.8 Å². The smallest absolute Gasteiger partial charge is 0.264 e. The van der Waals surface area contributed by atoms with Gasteiger partial charge in [-0.15, -0.1) is 6.58 Å². The fourth-order valence-electron chi connectivity index (χ4n) is 3.09. The van der Waals surface area contributed by atoms with Gasteiger partial charge >= 0.3 is 0 Å². The summed E-state index contributed by atoms with van der Waals surface area (Å²) in [6.07, 6.45) is 2.67. The highest BCUT2D eigenvalue weighted by molar-refractivity contribution is 7.93. The second-order valence-corrected chi connectivity index (χ2v) is 10.1. The Bertz CT molecular complexity index is 1060. The normalized spacial score (nSPS) is 14.5. The number of fused-ring (bicyclic) bond motifs is 1. The summed E-state index contributed by atoms with van der Waals surface area (Å²) in [7, 11) is -7.17. The number of nitrogens with zero attached hydrogens (tertiary/aromatic N) is 1. The molecule has 144 valence electrons. The van der Waals surface area contributed by atoms with Gasteiger partial charge in [-0.3, -0.25) is 9.03 Å². The van der Waals surface area contributed by atoms with E-state index in [4.69, 9.17) is 0 Å². The van der Waals surface area contributed by atoms with Gasteiger partial charge in [-0.2, -0.15) is 0 Å². The maximum atomic E-state index is 13.1. The molecule has 0 radical (unpaired) electrons. The molecule has 0 aromatic heterocycles. The van der Waals surface area contributed by atoms with E-state index in [1.807, 2.05) is 6.92 Å². The second kappa shape index (κ2) is 7.36. The summed E-state index contributed by atoms with van der Waals surface area (Å²) in [4.78, 5) is 0.247. The zero-order chi connectivity index (χ0) is 19.7. The minimum absolute atomic E-state index is 0.183. The van der Waals surface area contributed by atoms with Crippen molar-refractivity contribution >= 4 is 31.4 Å². The maximum absolute atomic E-state index is 13.1. The summed E-state index contributed by atoms with van der Waals surface area (Å²) >= 11 is 0. The Balaban J connectivity index is 1.95. The Morgan fingerprint density at radius 3 is 2.48 bits per heavy atom. The van der Waals surface area contributed by atoms with Gasteiger partial charge in [0.2, 0.25) is 10.0 Å². The van der Waals surface area contributed by atoms with Crippen molar-refractivity contribution in [3.63, 3.8) is 0 Å². The van der Waals surface area contributed by atoms with Crippen molar-refractivity contribution in [3.8, 4) is 0 Å². The standard InChI is InChI=1S/C19H22N2O4S2/c1-3-13-26(22,23)20-17-8-11-19-16(14-17)5-4-12-21(19)27(24,25)18-9-6-15(2)7-10-18/h3,6-11,14,20H,1,4-5,12-13H2,2H3. The van der Waals surface area contributed by atoms with E-state index in [1.165, 1.54) is 10.4 Å². The third-order valence-corrected chi connectivity index (χ3v) is 7.42. The highest BCUT2D eigenvalue weighted by Crippen LogP contribution is 2.34. The summed E-state index contributed by atoms with van der Waals surface area (Å²) in [5, 5.41) is 0. The molecule has 0 bridgehead atoms. The lowest BCUT2D eigenvalue weighted by atomic mass is 10.0. The van der Waals surface area contributed by atoms with Crippen LogP contribution in [0.2, 0.25) is 0 Å². The molecule has 0 saturated heterocycles. The van der Waals surface area contributed by atoms with E-state index < -0.39 is 20.0 Å². The first-order valence-electron chi connectivity index (χ1n) is 8.57. The van der Waals surface area contributed by atoms with Gasteiger partial charge in [-0.05, 0) is 55.7 Å². The first-order valence-corrected chi connectivity index (χ1v) is 11.7. The number of rotatable bonds is 6. The average Bonchev–Trinajstić information content (AvgIpc) is 2.61. The molecular formula is C19H22N2O4S2. The van der Waals surface area contributed by atoms with E-state index in [1.54, 1.807) is 42.5 Å². The Morgan fingerprint density at radius 2 is 1.81 bits per heavy atom. The third-order valence-electron chi connectivity index (χ3n) is 4.38. The van der Waals surface area contributed by atoms with Gasteiger partial charge in [0.1, 0.15) is 0 Å². The van der Waals surface area contributed by atoms with Crippen LogP contribution in [0, 0.1) is 6.92 Å². The molecule has 6 nitrogen and oxygen atoms in total. The van der Waals surface area contributed by atoms with Gasteiger partial charge in [-0.1, -0.05) is 23.8 Å². The summed E-state index contributed by atoms with van der Waals surface area (Å²) in [6, 6.07) is 11.7. The van der Waals surface area contributed by atoms with Gasteiger partial charge in [0.25, 0.3) is 10.0 Å². The van der Waals surface area contributed by atoms with Crippen LogP contribution in [0.15, 0.2) is 60.0 Å². The van der Waals surface area contributed by atoms with Gasteiger partial charge in [0.05, 0.1) is 16.3 Å². The van der Waals surface area contributed by atoms with Gasteiger partial charge in [0, 0.05) is 12.2 Å². The lowest BCUT2D eigenvalue weighted by Gasteiger charge is -2.31. The average molecular weight is 407 g/mol. The molecular weight excluding hydrogens is 384 g/mol. The molecule has 0 saturated carbocycles. The molecule has 2 aromatic carbocycles. The van der Waals surface area contributed by atoms with Crippen LogP contribution in [0.1, 0.15) is 17.5 Å². The van der Waals surface area contributed by atoms with E-state index in [-0.39, 0.29) is 10.6 Å². The van der Waals surface area contributed by atoms with Crippen LogP contribution in [-0.4, -0.2) is 29.1 Å². The molecule has 0 atom stereocenters. The summed E-state index contributed by atoms with van der Waals surface area (Å²) < 4.78 is 53.9. The predicted molar refractivity (Wildman–Crippen MR) is 108 cm³/mol. The van der Waals surface area contributed by atoms with Crippen molar-refractivity contribution in [2.45, 2.75) is 24.7 Å². The number of nitrogens with one attached hydrogen (secondary N) is 1. The van der Waals surface area contributed by atoms with Crippen LogP contribution < -0.4 is 9.03 Å². The molecule has 27 heavy (non-hydrogen) atoms. The zero-order valence-corrected chi connectivity index (χ0v) is 16.7. The maximum Gasteiger partial charge on any atom is 0.264 e. The van der Waals surface area contributed by atoms with Crippen LogP contribution in [-0.2, 0) is 26.5 Å². The second-order valence-electron chi connectivity index (χ2n) is 6.51. The first kappa shape index (κ1) is 19.4. The Hall–Kier alpha value is -2.32. The topological polar surface area (TPSA) is 83.6 Å². The molecule has 0 fully saturated rings. The van der Waals surface area contributed by atoms with E-state index in [0.717, 1.165) is 11.1 Å². The third kappa shape index (κ3) is 4.17. The van der Waals surface area contributed by atoms with Crippen LogP contribution in [0.3, 0.4) is 0 Å². The van der Waals surface area contributed by atoms with Gasteiger partial charge in [0.15, 0.2) is 0 Å². The van der Waals surface area contributed by atoms with Crippen molar-refractivity contribution < 1.29 is 16.8 Å². The zero-order valence-electron chi connectivity index (χ0n) is 15.1. The molecule has 8 heteroatoms. The van der Waals surface area contributed by atoms with E-state index in [0.29, 0.717) is 30.8 Å². The monoisotopic (exact) mass is 406 g/mol. The Labute approximate surface area is 160 Å². The molecule has 1 N–H and O–H groups in total. The first-order chi connectivity index (χ1) is 12.7. The number of anilines is 2. The Morgan fingerprint density at radius 1 is 1.11 bits per heavy atom. The van der Waals surface area contributed by atoms with Crippen LogP contribution >= 0.6 is 0 Å². The number of hydrogen-bond acceptors (Lipinski definition) is 4. The molecule has 1 aliphatic rings. The lowest BCUT2D eigenvalue weighted by Crippen LogP contribution is -2.35. The highest BCUT2D eigenvalue weighted by atomic mass is 32.2. The van der Waals surface area contributed by atoms with E-state index >= 15 is 0 Å². The molecule has 0 unspecified atom stereocenters. The molecule has 1 heterocycles. The highest BCUT2D eigenvalue weighted by Gasteiger charge is 2.29. The number of aryl methyl sites for hydroxylation is 2. The molecule has 0 aliphatic carbocycles. The van der Waals surface area contributed by atoms with Crippen molar-refractivity contribution in [3.05, 3.63) is 66.2 Å². The summed E-state index contributed by atoms with van der Waals surface area (Å²) in [5.74, 6) is -0.183. The number of sulfonamides is 2. The van der Waals surface area contributed by atoms with Crippen LogP contribution in [0.4, 0.5) is 11.4 Å². The van der Waals surface area contributed by atoms with Gasteiger partial charge in [-0.25, -0.2) is 16.8 Å². The molecule has 0 spiro atoms. The van der Waals surface area contributed by atoms with Gasteiger partial charge < -0.3 is 0 Å².